The highest BCUT2D eigenvalue weighted by Gasteiger charge is 2.53. The fourth-order valence-corrected chi connectivity index (χ4v) is 4.14. The standard InChI is InChI=1S/C21H20N4O/c1-3-16-14(6-4-10-22-16)17-12-19-15(13-23-17)21(8-9-21)24(2)20(26)18-7-5-11-25(18)19/h4-7,10-13H,3,8-9H2,1-2H3. The van der Waals surface area contributed by atoms with E-state index in [0.29, 0.717) is 5.69 Å². The minimum atomic E-state index is -0.209. The highest BCUT2D eigenvalue weighted by molar-refractivity contribution is 5.95. The van der Waals surface area contributed by atoms with Crippen LogP contribution in [0.5, 0.6) is 0 Å². The number of pyridine rings is 2. The third-order valence-corrected chi connectivity index (χ3v) is 5.78. The predicted molar refractivity (Wildman–Crippen MR) is 99.2 cm³/mol. The van der Waals surface area contributed by atoms with E-state index in [1.54, 1.807) is 0 Å². The normalized spacial score (nSPS) is 17.0. The van der Waals surface area contributed by atoms with Crippen LogP contribution in [-0.2, 0) is 12.0 Å². The summed E-state index contributed by atoms with van der Waals surface area (Å²) in [6, 6.07) is 9.95. The Hall–Kier alpha value is -2.95. The molecule has 0 unspecified atom stereocenters. The Kier molecular flexibility index (Phi) is 3.11. The van der Waals surface area contributed by atoms with Gasteiger partial charge in [0.1, 0.15) is 5.69 Å². The first-order chi connectivity index (χ1) is 12.7. The molecule has 0 saturated heterocycles. The molecule has 3 aromatic rings. The van der Waals surface area contributed by atoms with E-state index in [1.807, 2.05) is 53.3 Å². The quantitative estimate of drug-likeness (QED) is 0.714. The van der Waals surface area contributed by atoms with E-state index >= 15 is 0 Å². The maximum atomic E-state index is 13.0. The lowest BCUT2D eigenvalue weighted by atomic mass is 10.0. The number of fused-ring (bicyclic) bond motifs is 4. The molecule has 5 heteroatoms. The van der Waals surface area contributed by atoms with Crippen LogP contribution in [-0.4, -0.2) is 32.4 Å². The predicted octanol–water partition coefficient (Wildman–Crippen LogP) is 3.57. The topological polar surface area (TPSA) is 51.0 Å². The Morgan fingerprint density at radius 2 is 2.04 bits per heavy atom. The zero-order chi connectivity index (χ0) is 17.9. The fraction of sp³-hybridized carbons (Fsp3) is 0.286. The van der Waals surface area contributed by atoms with E-state index in [4.69, 9.17) is 4.98 Å². The van der Waals surface area contributed by atoms with E-state index in [1.165, 1.54) is 0 Å². The Bertz CT molecular complexity index is 1030. The van der Waals surface area contributed by atoms with E-state index in [2.05, 4.69) is 24.0 Å². The summed E-state index contributed by atoms with van der Waals surface area (Å²) in [5.41, 5.74) is 5.68. The van der Waals surface area contributed by atoms with Gasteiger partial charge in [0.2, 0.25) is 0 Å². The van der Waals surface area contributed by atoms with Crippen molar-refractivity contribution in [3.8, 4) is 16.9 Å². The highest BCUT2D eigenvalue weighted by atomic mass is 16.2. The highest BCUT2D eigenvalue weighted by Crippen LogP contribution is 2.54. The number of aromatic nitrogens is 3. The zero-order valence-electron chi connectivity index (χ0n) is 14.9. The average molecular weight is 344 g/mol. The fourth-order valence-electron chi connectivity index (χ4n) is 4.14. The molecule has 0 aromatic carbocycles. The Morgan fingerprint density at radius 3 is 2.81 bits per heavy atom. The molecule has 1 aliphatic carbocycles. The van der Waals surface area contributed by atoms with E-state index in [-0.39, 0.29) is 11.4 Å². The van der Waals surface area contributed by atoms with Gasteiger partial charge in [-0.25, -0.2) is 0 Å². The monoisotopic (exact) mass is 344 g/mol. The lowest BCUT2D eigenvalue weighted by Gasteiger charge is -2.26. The van der Waals surface area contributed by atoms with E-state index in [9.17, 15) is 4.79 Å². The molecular weight excluding hydrogens is 324 g/mol. The molecule has 5 rings (SSSR count). The van der Waals surface area contributed by atoms with Crippen molar-refractivity contribution in [1.29, 1.82) is 0 Å². The smallest absolute Gasteiger partial charge is 0.271 e. The molecule has 26 heavy (non-hydrogen) atoms. The molecular formula is C21H20N4O. The number of carbonyl (C=O) groups excluding carboxylic acids is 1. The molecule has 3 aromatic heterocycles. The zero-order valence-corrected chi connectivity index (χ0v) is 14.9. The van der Waals surface area contributed by atoms with E-state index < -0.39 is 0 Å². The van der Waals surface area contributed by atoms with Gasteiger partial charge in [-0.2, -0.15) is 0 Å². The molecule has 130 valence electrons. The summed E-state index contributed by atoms with van der Waals surface area (Å²) in [7, 11) is 1.91. The first-order valence-corrected chi connectivity index (χ1v) is 9.06. The minimum Gasteiger partial charge on any atom is -0.331 e. The van der Waals surface area contributed by atoms with Gasteiger partial charge in [-0.05, 0) is 49.6 Å². The van der Waals surface area contributed by atoms with Crippen molar-refractivity contribution in [3.05, 3.63) is 65.9 Å². The van der Waals surface area contributed by atoms with Gasteiger partial charge in [0.05, 0.1) is 16.9 Å². The maximum absolute atomic E-state index is 13.0. The molecule has 1 fully saturated rings. The molecule has 0 atom stereocenters. The van der Waals surface area contributed by atoms with Crippen molar-refractivity contribution < 1.29 is 4.79 Å². The van der Waals surface area contributed by atoms with Crippen LogP contribution >= 0.6 is 0 Å². The molecule has 1 spiro atoms. The minimum absolute atomic E-state index is 0.0703. The van der Waals surface area contributed by atoms with Gasteiger partial charge in [-0.1, -0.05) is 6.92 Å². The largest absolute Gasteiger partial charge is 0.331 e. The van der Waals surface area contributed by atoms with Crippen LogP contribution in [0.3, 0.4) is 0 Å². The summed E-state index contributed by atoms with van der Waals surface area (Å²) in [6.07, 6.45) is 8.58. The van der Waals surface area contributed by atoms with Crippen molar-refractivity contribution in [1.82, 2.24) is 19.4 Å². The second kappa shape index (κ2) is 5.27. The second-order valence-corrected chi connectivity index (χ2v) is 7.10. The second-order valence-electron chi connectivity index (χ2n) is 7.10. The van der Waals surface area contributed by atoms with Crippen LogP contribution in [0.2, 0.25) is 0 Å². The molecule has 4 heterocycles. The molecule has 0 N–H and O–H groups in total. The van der Waals surface area contributed by atoms with Gasteiger partial charge in [-0.15, -0.1) is 0 Å². The summed E-state index contributed by atoms with van der Waals surface area (Å²) in [4.78, 5) is 24.1. The van der Waals surface area contributed by atoms with Crippen LogP contribution in [0.15, 0.2) is 48.9 Å². The lowest BCUT2D eigenvalue weighted by molar-refractivity contribution is 0.0705. The molecule has 2 aliphatic rings. The van der Waals surface area contributed by atoms with Crippen molar-refractivity contribution in [2.24, 2.45) is 0 Å². The van der Waals surface area contributed by atoms with Crippen molar-refractivity contribution >= 4 is 5.91 Å². The third-order valence-electron chi connectivity index (χ3n) is 5.78. The molecule has 5 nitrogen and oxygen atoms in total. The summed E-state index contributed by atoms with van der Waals surface area (Å²) < 4.78 is 2.01. The number of aryl methyl sites for hydroxylation is 1. The van der Waals surface area contributed by atoms with Gasteiger partial charge in [0.25, 0.3) is 5.91 Å². The van der Waals surface area contributed by atoms with Crippen molar-refractivity contribution in [3.63, 3.8) is 0 Å². The summed E-state index contributed by atoms with van der Waals surface area (Å²) >= 11 is 0. The number of nitrogens with zero attached hydrogens (tertiary/aromatic N) is 4. The van der Waals surface area contributed by atoms with E-state index in [0.717, 1.165) is 47.5 Å². The van der Waals surface area contributed by atoms with Gasteiger partial charge in [0.15, 0.2) is 0 Å². The first-order valence-electron chi connectivity index (χ1n) is 9.06. The number of hydrogen-bond acceptors (Lipinski definition) is 3. The van der Waals surface area contributed by atoms with Crippen molar-refractivity contribution in [2.45, 2.75) is 31.7 Å². The van der Waals surface area contributed by atoms with Crippen LogP contribution in [0.1, 0.15) is 41.5 Å². The molecule has 1 amide bonds. The van der Waals surface area contributed by atoms with Gasteiger partial charge in [-0.3, -0.25) is 14.8 Å². The average Bonchev–Trinajstić information content (AvgIpc) is 3.36. The van der Waals surface area contributed by atoms with Gasteiger partial charge in [0, 0.05) is 42.5 Å². The van der Waals surface area contributed by atoms with Gasteiger partial charge < -0.3 is 9.47 Å². The summed E-state index contributed by atoms with van der Waals surface area (Å²) in [6.45, 7) is 2.10. The number of carbonyl (C=O) groups is 1. The molecule has 1 aliphatic heterocycles. The van der Waals surface area contributed by atoms with Gasteiger partial charge >= 0.3 is 0 Å². The number of amides is 1. The number of hydrogen-bond donors (Lipinski definition) is 0. The van der Waals surface area contributed by atoms with Crippen LogP contribution in [0, 0.1) is 0 Å². The molecule has 0 bridgehead atoms. The van der Waals surface area contributed by atoms with Crippen molar-refractivity contribution in [2.75, 3.05) is 7.05 Å². The van der Waals surface area contributed by atoms with Crippen LogP contribution < -0.4 is 0 Å². The summed E-state index contributed by atoms with van der Waals surface area (Å²) in [5.74, 6) is 0.0703. The maximum Gasteiger partial charge on any atom is 0.271 e. The summed E-state index contributed by atoms with van der Waals surface area (Å²) in [5, 5.41) is 0. The third kappa shape index (κ3) is 1.94. The Balaban J connectivity index is 1.77. The van der Waals surface area contributed by atoms with Crippen LogP contribution in [0.25, 0.3) is 16.9 Å². The lowest BCUT2D eigenvalue weighted by Crippen LogP contribution is -2.36. The molecule has 1 saturated carbocycles. The molecule has 0 radical (unpaired) electrons. The van der Waals surface area contributed by atoms with Crippen LogP contribution in [0.4, 0.5) is 0 Å². The first kappa shape index (κ1) is 15.3. The SMILES string of the molecule is CCc1ncccc1-c1cc2c(cn1)C1(CC1)N(C)C(=O)c1cccn1-2. The number of rotatable bonds is 2. The Morgan fingerprint density at radius 1 is 1.19 bits per heavy atom. The Labute approximate surface area is 152 Å².